The molecule has 0 radical (unpaired) electrons. The van der Waals surface area contributed by atoms with Crippen LogP contribution < -0.4 is 10.1 Å². The molecule has 31 heavy (non-hydrogen) atoms. The van der Waals surface area contributed by atoms with Crippen molar-refractivity contribution in [1.82, 2.24) is 15.2 Å². The standard InChI is InChI=1S/C24H23N3O4/c1-30-21-14-25-9-6-20(21)18-4-2-17-13-19(5-3-16(17)12-18)22(28)27-10-7-24(8-11-27)15-26-23(29)31-24/h2-6,9,12-14H,7-8,10-11,15H2,1H3,(H,26,29). The van der Waals surface area contributed by atoms with Crippen molar-refractivity contribution in [3.63, 3.8) is 0 Å². The molecule has 1 N–H and O–H groups in total. The van der Waals surface area contributed by atoms with Gasteiger partial charge in [-0.3, -0.25) is 9.78 Å². The summed E-state index contributed by atoms with van der Waals surface area (Å²) in [6, 6.07) is 13.9. The van der Waals surface area contributed by atoms with Gasteiger partial charge in [0.15, 0.2) is 0 Å². The van der Waals surface area contributed by atoms with Gasteiger partial charge in [-0.2, -0.15) is 0 Å². The number of fused-ring (bicyclic) bond motifs is 1. The molecule has 5 rings (SSSR count). The summed E-state index contributed by atoms with van der Waals surface area (Å²) in [5.41, 5.74) is 2.22. The second kappa shape index (κ2) is 7.58. The summed E-state index contributed by atoms with van der Waals surface area (Å²) in [5, 5.41) is 4.78. The molecule has 0 aliphatic carbocycles. The predicted molar refractivity (Wildman–Crippen MR) is 116 cm³/mol. The van der Waals surface area contributed by atoms with E-state index in [1.807, 2.05) is 41.3 Å². The molecule has 3 aromatic rings. The molecular formula is C24H23N3O4. The fourth-order valence-electron chi connectivity index (χ4n) is 4.41. The number of methoxy groups -OCH3 is 1. The summed E-state index contributed by atoms with van der Waals surface area (Å²) in [6.45, 7) is 1.67. The first-order chi connectivity index (χ1) is 15.1. The van der Waals surface area contributed by atoms with Gasteiger partial charge in [-0.15, -0.1) is 0 Å². The highest BCUT2D eigenvalue weighted by Gasteiger charge is 2.43. The lowest BCUT2D eigenvalue weighted by Gasteiger charge is -2.37. The number of hydrogen-bond donors (Lipinski definition) is 1. The number of pyridine rings is 1. The van der Waals surface area contributed by atoms with Crippen molar-refractivity contribution in [3.05, 3.63) is 60.4 Å². The molecule has 158 valence electrons. The Hall–Kier alpha value is -3.61. The molecule has 7 nitrogen and oxygen atoms in total. The average molecular weight is 417 g/mol. The van der Waals surface area contributed by atoms with E-state index in [0.717, 1.165) is 27.6 Å². The Balaban J connectivity index is 1.35. The molecule has 0 unspecified atom stereocenters. The zero-order valence-corrected chi connectivity index (χ0v) is 17.3. The number of likely N-dealkylation sites (tertiary alicyclic amines) is 1. The van der Waals surface area contributed by atoms with Crippen molar-refractivity contribution in [2.24, 2.45) is 0 Å². The molecule has 2 saturated heterocycles. The second-order valence-corrected chi connectivity index (χ2v) is 8.07. The lowest BCUT2D eigenvalue weighted by atomic mass is 9.91. The van der Waals surface area contributed by atoms with Gasteiger partial charge in [0.1, 0.15) is 11.4 Å². The SMILES string of the molecule is COc1cnccc1-c1ccc2cc(C(=O)N3CCC4(CC3)CNC(=O)O4)ccc2c1. The van der Waals surface area contributed by atoms with E-state index in [-0.39, 0.29) is 12.0 Å². The molecule has 1 spiro atoms. The zero-order chi connectivity index (χ0) is 21.4. The van der Waals surface area contributed by atoms with Crippen molar-refractivity contribution in [3.8, 4) is 16.9 Å². The van der Waals surface area contributed by atoms with E-state index in [2.05, 4.69) is 16.4 Å². The lowest BCUT2D eigenvalue weighted by molar-refractivity contribution is 0.00331. The summed E-state index contributed by atoms with van der Waals surface area (Å²) < 4.78 is 10.9. The molecule has 0 bridgehead atoms. The van der Waals surface area contributed by atoms with Crippen LogP contribution in [0.15, 0.2) is 54.9 Å². The van der Waals surface area contributed by atoms with Crippen LogP contribution in [0, 0.1) is 0 Å². The molecule has 3 heterocycles. The maximum Gasteiger partial charge on any atom is 0.407 e. The molecule has 2 amide bonds. The molecule has 0 saturated carbocycles. The van der Waals surface area contributed by atoms with E-state index < -0.39 is 5.60 Å². The van der Waals surface area contributed by atoms with Crippen LogP contribution in [0.2, 0.25) is 0 Å². The Bertz CT molecular complexity index is 1170. The van der Waals surface area contributed by atoms with Crippen molar-refractivity contribution >= 4 is 22.8 Å². The van der Waals surface area contributed by atoms with Crippen LogP contribution in [0.5, 0.6) is 5.75 Å². The fraction of sp³-hybridized carbons (Fsp3) is 0.292. The number of carbonyl (C=O) groups excluding carboxylic acids is 2. The van der Waals surface area contributed by atoms with E-state index in [1.54, 1.807) is 19.5 Å². The van der Waals surface area contributed by atoms with Crippen LogP contribution >= 0.6 is 0 Å². The van der Waals surface area contributed by atoms with Gasteiger partial charge < -0.3 is 19.7 Å². The second-order valence-electron chi connectivity index (χ2n) is 8.07. The highest BCUT2D eigenvalue weighted by Crippen LogP contribution is 2.32. The number of hydrogen-bond acceptors (Lipinski definition) is 5. The Kier molecular flexibility index (Phi) is 4.73. The van der Waals surface area contributed by atoms with Gasteiger partial charge in [-0.25, -0.2) is 4.79 Å². The monoisotopic (exact) mass is 417 g/mol. The fourth-order valence-corrected chi connectivity index (χ4v) is 4.41. The molecule has 2 fully saturated rings. The topological polar surface area (TPSA) is 80.8 Å². The van der Waals surface area contributed by atoms with Gasteiger partial charge >= 0.3 is 6.09 Å². The van der Waals surface area contributed by atoms with Crippen LogP contribution in [-0.4, -0.2) is 54.2 Å². The van der Waals surface area contributed by atoms with E-state index in [1.165, 1.54) is 0 Å². The van der Waals surface area contributed by atoms with Crippen LogP contribution in [0.3, 0.4) is 0 Å². The number of carbonyl (C=O) groups is 2. The first-order valence-corrected chi connectivity index (χ1v) is 10.4. The first kappa shape index (κ1) is 19.4. The lowest BCUT2D eigenvalue weighted by Crippen LogP contribution is -2.48. The van der Waals surface area contributed by atoms with E-state index in [9.17, 15) is 9.59 Å². The summed E-state index contributed by atoms with van der Waals surface area (Å²) in [6.07, 6.45) is 4.39. The number of aromatic nitrogens is 1. The molecule has 0 atom stereocenters. The number of ether oxygens (including phenoxy) is 2. The summed E-state index contributed by atoms with van der Waals surface area (Å²) in [5.74, 6) is 0.730. The normalized spacial score (nSPS) is 17.5. The Labute approximate surface area is 180 Å². The summed E-state index contributed by atoms with van der Waals surface area (Å²) in [4.78, 5) is 30.4. The predicted octanol–water partition coefficient (Wildman–Crippen LogP) is 3.63. The van der Waals surface area contributed by atoms with Gasteiger partial charge in [0.05, 0.1) is 19.9 Å². The van der Waals surface area contributed by atoms with Gasteiger partial charge in [0, 0.05) is 43.3 Å². The summed E-state index contributed by atoms with van der Waals surface area (Å²) in [7, 11) is 1.63. The molecule has 1 aromatic heterocycles. The van der Waals surface area contributed by atoms with Crippen LogP contribution in [0.1, 0.15) is 23.2 Å². The first-order valence-electron chi connectivity index (χ1n) is 10.4. The number of amides is 2. The van der Waals surface area contributed by atoms with E-state index in [0.29, 0.717) is 38.0 Å². The molecule has 2 aromatic carbocycles. The Morgan fingerprint density at radius 2 is 1.90 bits per heavy atom. The zero-order valence-electron chi connectivity index (χ0n) is 17.3. The van der Waals surface area contributed by atoms with E-state index in [4.69, 9.17) is 9.47 Å². The Morgan fingerprint density at radius 1 is 1.13 bits per heavy atom. The number of nitrogens with one attached hydrogen (secondary N) is 1. The maximum absolute atomic E-state index is 13.1. The van der Waals surface area contributed by atoms with Gasteiger partial charge in [0.25, 0.3) is 5.91 Å². The van der Waals surface area contributed by atoms with Gasteiger partial charge in [-0.1, -0.05) is 18.2 Å². The minimum Gasteiger partial charge on any atom is -0.494 e. The number of nitrogens with zero attached hydrogens (tertiary/aromatic N) is 2. The van der Waals surface area contributed by atoms with Gasteiger partial charge in [0.2, 0.25) is 0 Å². The third kappa shape index (κ3) is 3.56. The van der Waals surface area contributed by atoms with Crippen molar-refractivity contribution in [2.75, 3.05) is 26.7 Å². The maximum atomic E-state index is 13.1. The van der Waals surface area contributed by atoms with Crippen molar-refractivity contribution in [1.29, 1.82) is 0 Å². The van der Waals surface area contributed by atoms with Crippen LogP contribution in [0.25, 0.3) is 21.9 Å². The highest BCUT2D eigenvalue weighted by molar-refractivity contribution is 5.99. The number of rotatable bonds is 3. The van der Waals surface area contributed by atoms with Crippen LogP contribution in [0.4, 0.5) is 4.79 Å². The minimum absolute atomic E-state index is 0.00825. The quantitative estimate of drug-likeness (QED) is 0.704. The van der Waals surface area contributed by atoms with Crippen molar-refractivity contribution < 1.29 is 19.1 Å². The highest BCUT2D eigenvalue weighted by atomic mass is 16.6. The third-order valence-electron chi connectivity index (χ3n) is 6.23. The largest absolute Gasteiger partial charge is 0.494 e. The molecule has 2 aliphatic heterocycles. The minimum atomic E-state index is -0.457. The smallest absolute Gasteiger partial charge is 0.407 e. The molecule has 2 aliphatic rings. The summed E-state index contributed by atoms with van der Waals surface area (Å²) >= 11 is 0. The van der Waals surface area contributed by atoms with E-state index >= 15 is 0 Å². The number of piperidine rings is 1. The Morgan fingerprint density at radius 3 is 2.65 bits per heavy atom. The number of alkyl carbamates (subject to hydrolysis) is 1. The average Bonchev–Trinajstić information content (AvgIpc) is 3.18. The third-order valence-corrected chi connectivity index (χ3v) is 6.23. The van der Waals surface area contributed by atoms with Crippen molar-refractivity contribution in [2.45, 2.75) is 18.4 Å². The van der Waals surface area contributed by atoms with Crippen LogP contribution in [-0.2, 0) is 4.74 Å². The van der Waals surface area contributed by atoms with Gasteiger partial charge in [-0.05, 0) is 40.6 Å². The number of benzene rings is 2. The molecule has 7 heteroatoms. The molecular weight excluding hydrogens is 394 g/mol.